The molecule has 1 fully saturated rings. The Balaban J connectivity index is 2.33. The summed E-state index contributed by atoms with van der Waals surface area (Å²) < 4.78 is 10.2. The fourth-order valence-corrected chi connectivity index (χ4v) is 2.13. The van der Waals surface area contributed by atoms with Gasteiger partial charge in [0.1, 0.15) is 11.6 Å². The van der Waals surface area contributed by atoms with E-state index in [9.17, 15) is 9.59 Å². The first-order valence-corrected chi connectivity index (χ1v) is 7.21. The van der Waals surface area contributed by atoms with Crippen LogP contribution in [0, 0.1) is 0 Å². The molecule has 20 heavy (non-hydrogen) atoms. The molecule has 1 saturated heterocycles. The van der Waals surface area contributed by atoms with Crippen LogP contribution in [0.2, 0.25) is 0 Å². The summed E-state index contributed by atoms with van der Waals surface area (Å²) in [5, 5.41) is 5.94. The van der Waals surface area contributed by atoms with Crippen molar-refractivity contribution in [2.75, 3.05) is 13.2 Å². The van der Waals surface area contributed by atoms with E-state index in [0.29, 0.717) is 13.2 Å². The van der Waals surface area contributed by atoms with Crippen molar-refractivity contribution in [3.05, 3.63) is 0 Å². The molecule has 0 aromatic heterocycles. The van der Waals surface area contributed by atoms with E-state index in [2.05, 4.69) is 10.6 Å². The van der Waals surface area contributed by atoms with Crippen LogP contribution in [0.5, 0.6) is 0 Å². The van der Waals surface area contributed by atoms with Crippen molar-refractivity contribution >= 4 is 12.1 Å². The van der Waals surface area contributed by atoms with Crippen LogP contribution in [-0.2, 0) is 14.3 Å². The lowest BCUT2D eigenvalue weighted by Gasteiger charge is -2.30. The van der Waals surface area contributed by atoms with E-state index >= 15 is 0 Å². The minimum Gasteiger partial charge on any atom is -0.465 e. The van der Waals surface area contributed by atoms with Crippen LogP contribution in [0.25, 0.3) is 0 Å². The monoisotopic (exact) mass is 286 g/mol. The summed E-state index contributed by atoms with van der Waals surface area (Å²) >= 11 is 0. The number of amides is 1. The molecule has 1 aliphatic rings. The van der Waals surface area contributed by atoms with Gasteiger partial charge < -0.3 is 14.8 Å². The average molecular weight is 286 g/mol. The van der Waals surface area contributed by atoms with Crippen molar-refractivity contribution in [2.24, 2.45) is 0 Å². The van der Waals surface area contributed by atoms with Crippen LogP contribution >= 0.6 is 0 Å². The number of alkyl carbamates (subject to hydrolysis) is 1. The Labute approximate surface area is 120 Å². The molecule has 0 aromatic carbocycles. The Morgan fingerprint density at radius 1 is 1.30 bits per heavy atom. The zero-order valence-corrected chi connectivity index (χ0v) is 12.8. The quantitative estimate of drug-likeness (QED) is 0.767. The number of nitrogens with one attached hydrogen (secondary N) is 2. The van der Waals surface area contributed by atoms with Crippen molar-refractivity contribution in [3.8, 4) is 0 Å². The van der Waals surface area contributed by atoms with Crippen LogP contribution in [0.3, 0.4) is 0 Å². The van der Waals surface area contributed by atoms with Gasteiger partial charge in [-0.2, -0.15) is 0 Å². The van der Waals surface area contributed by atoms with Crippen LogP contribution in [0.4, 0.5) is 4.79 Å². The largest absolute Gasteiger partial charge is 0.465 e. The highest BCUT2D eigenvalue weighted by molar-refractivity contribution is 5.76. The third kappa shape index (κ3) is 6.23. The highest BCUT2D eigenvalue weighted by Gasteiger charge is 2.27. The summed E-state index contributed by atoms with van der Waals surface area (Å²) in [7, 11) is 0. The number of hydrogen-bond donors (Lipinski definition) is 2. The van der Waals surface area contributed by atoms with E-state index in [0.717, 1.165) is 19.3 Å². The van der Waals surface area contributed by atoms with Gasteiger partial charge in [-0.15, -0.1) is 0 Å². The lowest BCUT2D eigenvalue weighted by Crippen LogP contribution is -2.52. The molecule has 0 aliphatic carbocycles. The molecule has 2 N–H and O–H groups in total. The number of carbonyl (C=O) groups excluding carboxylic acids is 2. The molecule has 0 radical (unpaired) electrons. The normalized spacial score (nSPS) is 23.0. The molecule has 0 spiro atoms. The molecule has 0 bridgehead atoms. The Hall–Kier alpha value is -1.30. The molecule has 0 unspecified atom stereocenters. The average Bonchev–Trinajstić information content (AvgIpc) is 2.35. The van der Waals surface area contributed by atoms with Crippen molar-refractivity contribution in [1.82, 2.24) is 10.6 Å². The van der Waals surface area contributed by atoms with Crippen molar-refractivity contribution < 1.29 is 19.1 Å². The van der Waals surface area contributed by atoms with E-state index in [1.54, 1.807) is 6.92 Å². The molecule has 1 rings (SSSR count). The molecular weight excluding hydrogens is 260 g/mol. The summed E-state index contributed by atoms with van der Waals surface area (Å²) in [6.45, 7) is 8.09. The van der Waals surface area contributed by atoms with Gasteiger partial charge in [0.25, 0.3) is 0 Å². The zero-order chi connectivity index (χ0) is 15.2. The Bertz CT molecular complexity index is 339. The third-order valence-electron chi connectivity index (χ3n) is 2.95. The highest BCUT2D eigenvalue weighted by Crippen LogP contribution is 2.14. The maximum atomic E-state index is 11.7. The summed E-state index contributed by atoms with van der Waals surface area (Å²) in [5.41, 5.74) is -0.502. The predicted octanol–water partition coefficient (Wildman–Crippen LogP) is 1.58. The van der Waals surface area contributed by atoms with E-state index in [1.165, 1.54) is 0 Å². The van der Waals surface area contributed by atoms with Gasteiger partial charge in [0, 0.05) is 12.6 Å². The maximum absolute atomic E-state index is 11.7. The van der Waals surface area contributed by atoms with Gasteiger partial charge in [0.15, 0.2) is 0 Å². The lowest BCUT2D eigenvalue weighted by atomic mass is 9.98. The molecule has 1 aliphatic heterocycles. The van der Waals surface area contributed by atoms with Gasteiger partial charge in [0.05, 0.1) is 6.61 Å². The van der Waals surface area contributed by atoms with Gasteiger partial charge in [-0.3, -0.25) is 10.1 Å². The lowest BCUT2D eigenvalue weighted by molar-refractivity contribution is -0.146. The smallest absolute Gasteiger partial charge is 0.407 e. The minimum atomic E-state index is -0.502. The molecule has 6 heteroatoms. The Morgan fingerprint density at radius 2 is 2.00 bits per heavy atom. The van der Waals surface area contributed by atoms with E-state index in [1.807, 2.05) is 20.8 Å². The van der Waals surface area contributed by atoms with Crippen LogP contribution in [0.15, 0.2) is 0 Å². The maximum Gasteiger partial charge on any atom is 0.407 e. The molecule has 1 heterocycles. The Kier molecular flexibility index (Phi) is 6.26. The van der Waals surface area contributed by atoms with Crippen LogP contribution < -0.4 is 10.6 Å². The number of piperidine rings is 1. The Morgan fingerprint density at radius 3 is 2.60 bits per heavy atom. The van der Waals surface area contributed by atoms with E-state index in [4.69, 9.17) is 9.47 Å². The number of rotatable bonds is 4. The van der Waals surface area contributed by atoms with Gasteiger partial charge >= 0.3 is 12.1 Å². The number of carbonyl (C=O) groups is 2. The predicted molar refractivity (Wildman–Crippen MR) is 75.4 cm³/mol. The standard InChI is InChI=1S/C14H26N2O4/c1-5-19-12(17)11-8-6-7-10(16-11)9-15-13(18)20-14(2,3)4/h10-11,16H,5-9H2,1-4H3,(H,15,18)/t10-,11+/m1/s1. The summed E-state index contributed by atoms with van der Waals surface area (Å²) in [4.78, 5) is 23.2. The number of hydrogen-bond acceptors (Lipinski definition) is 5. The number of ether oxygens (including phenoxy) is 2. The van der Waals surface area contributed by atoms with Gasteiger partial charge in [-0.1, -0.05) is 0 Å². The fraction of sp³-hybridized carbons (Fsp3) is 0.857. The second kappa shape index (κ2) is 7.47. The second-order valence-electron chi connectivity index (χ2n) is 5.98. The molecule has 2 atom stereocenters. The topological polar surface area (TPSA) is 76.7 Å². The second-order valence-corrected chi connectivity index (χ2v) is 5.98. The zero-order valence-electron chi connectivity index (χ0n) is 12.8. The summed E-state index contributed by atoms with van der Waals surface area (Å²) in [6.07, 6.45) is 2.21. The molecule has 1 amide bonds. The van der Waals surface area contributed by atoms with Crippen LogP contribution in [0.1, 0.15) is 47.0 Å². The molecule has 6 nitrogen and oxygen atoms in total. The third-order valence-corrected chi connectivity index (χ3v) is 2.95. The van der Waals surface area contributed by atoms with Crippen molar-refractivity contribution in [1.29, 1.82) is 0 Å². The molecule has 0 aromatic rings. The van der Waals surface area contributed by atoms with E-state index < -0.39 is 11.7 Å². The van der Waals surface area contributed by atoms with Crippen LogP contribution in [-0.4, -0.2) is 42.9 Å². The first kappa shape index (κ1) is 16.8. The first-order chi connectivity index (χ1) is 9.31. The molecule has 116 valence electrons. The molecule has 0 saturated carbocycles. The van der Waals surface area contributed by atoms with Gasteiger partial charge in [0.2, 0.25) is 0 Å². The van der Waals surface area contributed by atoms with E-state index in [-0.39, 0.29) is 18.1 Å². The summed E-state index contributed by atoms with van der Waals surface area (Å²) in [5.74, 6) is -0.213. The minimum absolute atomic E-state index is 0.0747. The van der Waals surface area contributed by atoms with Crippen molar-refractivity contribution in [2.45, 2.75) is 64.6 Å². The fourth-order valence-electron chi connectivity index (χ4n) is 2.13. The highest BCUT2D eigenvalue weighted by atomic mass is 16.6. The van der Waals surface area contributed by atoms with Gasteiger partial charge in [-0.05, 0) is 47.0 Å². The first-order valence-electron chi connectivity index (χ1n) is 7.21. The SMILES string of the molecule is CCOC(=O)[C@@H]1CCC[C@H](CNC(=O)OC(C)(C)C)N1. The molecular formula is C14H26N2O4. The summed E-state index contributed by atoms with van der Waals surface area (Å²) in [6, 6.07) is -0.195. The van der Waals surface area contributed by atoms with Crippen molar-refractivity contribution in [3.63, 3.8) is 0 Å². The van der Waals surface area contributed by atoms with Gasteiger partial charge in [-0.25, -0.2) is 4.79 Å². The number of esters is 1.